The second-order valence-corrected chi connectivity index (χ2v) is 3.49. The number of fused-ring (bicyclic) bond motifs is 2. The van der Waals surface area contributed by atoms with E-state index in [1.165, 1.54) is 0 Å². The summed E-state index contributed by atoms with van der Waals surface area (Å²) in [7, 11) is 0. The molecule has 2 nitrogen and oxygen atoms in total. The van der Waals surface area contributed by atoms with Crippen molar-refractivity contribution in [3.63, 3.8) is 0 Å². The number of Topliss-reactive ketones (excluding diaryl/α,β-unsaturated/α-hetero) is 1. The minimum absolute atomic E-state index is 0.108. The first-order valence-corrected chi connectivity index (χ1v) is 4.14. The smallest absolute Gasteiger partial charge is 0.307 e. The molecule has 68 valence electrons. The third-order valence-electron chi connectivity index (χ3n) is 2.50. The van der Waals surface area contributed by atoms with E-state index in [9.17, 15) is 13.6 Å². The SMILES string of the molecule is O=C1CC2CCC(CC1(F)F)O2. The number of alkyl halides is 2. The van der Waals surface area contributed by atoms with Gasteiger partial charge in [-0.2, -0.15) is 8.78 Å². The molecule has 2 saturated heterocycles. The Morgan fingerprint density at radius 2 is 2.00 bits per heavy atom. The Morgan fingerprint density at radius 3 is 2.75 bits per heavy atom. The van der Waals surface area contributed by atoms with Crippen LogP contribution in [0.15, 0.2) is 0 Å². The van der Waals surface area contributed by atoms with Gasteiger partial charge in [0.05, 0.1) is 12.2 Å². The minimum atomic E-state index is -3.14. The maximum absolute atomic E-state index is 12.9. The normalized spacial score (nSPS) is 39.7. The van der Waals surface area contributed by atoms with Crippen LogP contribution in [0.1, 0.15) is 25.7 Å². The standard InChI is InChI=1S/C8H10F2O2/c9-8(10)4-6-2-1-5(12-6)3-7(8)11/h5-6H,1-4H2. The molecule has 0 N–H and O–H groups in total. The molecule has 2 aliphatic rings. The van der Waals surface area contributed by atoms with Crippen LogP contribution in [0, 0.1) is 0 Å². The Bertz CT molecular complexity index is 215. The van der Waals surface area contributed by atoms with Crippen LogP contribution in [-0.2, 0) is 9.53 Å². The molecule has 0 saturated carbocycles. The third kappa shape index (κ3) is 1.24. The van der Waals surface area contributed by atoms with Crippen molar-refractivity contribution in [3.05, 3.63) is 0 Å². The molecule has 4 heteroatoms. The van der Waals surface area contributed by atoms with Crippen molar-refractivity contribution in [2.75, 3.05) is 0 Å². The van der Waals surface area contributed by atoms with Gasteiger partial charge in [-0.25, -0.2) is 0 Å². The predicted octanol–water partition coefficient (Wildman–Crippen LogP) is 1.53. The lowest BCUT2D eigenvalue weighted by molar-refractivity contribution is -0.144. The average Bonchev–Trinajstić information content (AvgIpc) is 2.30. The largest absolute Gasteiger partial charge is 0.374 e. The van der Waals surface area contributed by atoms with Crippen molar-refractivity contribution in [1.82, 2.24) is 0 Å². The number of halogens is 2. The van der Waals surface area contributed by atoms with E-state index >= 15 is 0 Å². The van der Waals surface area contributed by atoms with Crippen molar-refractivity contribution >= 4 is 5.78 Å². The molecule has 2 rings (SSSR count). The number of carbonyl (C=O) groups is 1. The number of ether oxygens (including phenoxy) is 1. The molecule has 2 unspecified atom stereocenters. The van der Waals surface area contributed by atoms with E-state index < -0.39 is 24.2 Å². The summed E-state index contributed by atoms with van der Waals surface area (Å²) in [6, 6.07) is 0. The van der Waals surface area contributed by atoms with Gasteiger partial charge < -0.3 is 4.74 Å². The zero-order valence-electron chi connectivity index (χ0n) is 6.56. The molecule has 2 aliphatic heterocycles. The first kappa shape index (κ1) is 8.10. The fourth-order valence-electron chi connectivity index (χ4n) is 1.84. The maximum atomic E-state index is 12.9. The number of ketones is 1. The summed E-state index contributed by atoms with van der Waals surface area (Å²) in [5.74, 6) is -4.09. The zero-order valence-corrected chi connectivity index (χ0v) is 6.56. The zero-order chi connectivity index (χ0) is 8.77. The summed E-state index contributed by atoms with van der Waals surface area (Å²) in [6.07, 6.45) is 0.276. The first-order valence-electron chi connectivity index (χ1n) is 4.14. The summed E-state index contributed by atoms with van der Waals surface area (Å²) >= 11 is 0. The van der Waals surface area contributed by atoms with Crippen molar-refractivity contribution in [2.24, 2.45) is 0 Å². The van der Waals surface area contributed by atoms with E-state index in [0.29, 0.717) is 6.42 Å². The van der Waals surface area contributed by atoms with Crippen LogP contribution in [0.2, 0.25) is 0 Å². The minimum Gasteiger partial charge on any atom is -0.374 e. The molecule has 0 spiro atoms. The Morgan fingerprint density at radius 1 is 1.33 bits per heavy atom. The lowest BCUT2D eigenvalue weighted by Crippen LogP contribution is -2.31. The van der Waals surface area contributed by atoms with E-state index in [1.54, 1.807) is 0 Å². The predicted molar refractivity (Wildman–Crippen MR) is 37.1 cm³/mol. The van der Waals surface area contributed by atoms with E-state index in [0.717, 1.165) is 6.42 Å². The molecule has 0 radical (unpaired) electrons. The number of hydrogen-bond acceptors (Lipinski definition) is 2. The van der Waals surface area contributed by atoms with Crippen LogP contribution < -0.4 is 0 Å². The van der Waals surface area contributed by atoms with Gasteiger partial charge in [0.1, 0.15) is 0 Å². The van der Waals surface area contributed by atoms with Gasteiger partial charge in [0.2, 0.25) is 5.78 Å². The van der Waals surface area contributed by atoms with E-state index in [4.69, 9.17) is 4.74 Å². The molecule has 12 heavy (non-hydrogen) atoms. The lowest BCUT2D eigenvalue weighted by atomic mass is 9.97. The van der Waals surface area contributed by atoms with E-state index in [2.05, 4.69) is 0 Å². The monoisotopic (exact) mass is 176 g/mol. The molecule has 2 atom stereocenters. The number of rotatable bonds is 0. The molecule has 0 aliphatic carbocycles. The van der Waals surface area contributed by atoms with Gasteiger partial charge in [-0.05, 0) is 12.8 Å². The second kappa shape index (κ2) is 2.49. The maximum Gasteiger partial charge on any atom is 0.307 e. The van der Waals surface area contributed by atoms with Crippen LogP contribution in [0.5, 0.6) is 0 Å². The van der Waals surface area contributed by atoms with Crippen LogP contribution in [0.3, 0.4) is 0 Å². The quantitative estimate of drug-likeness (QED) is 0.559. The molecular formula is C8H10F2O2. The number of carbonyl (C=O) groups excluding carboxylic acids is 1. The van der Waals surface area contributed by atoms with E-state index in [1.807, 2.05) is 0 Å². The van der Waals surface area contributed by atoms with Gasteiger partial charge in [-0.15, -0.1) is 0 Å². The van der Waals surface area contributed by atoms with Crippen LogP contribution in [0.4, 0.5) is 8.78 Å². The summed E-state index contributed by atoms with van der Waals surface area (Å²) in [5.41, 5.74) is 0. The highest BCUT2D eigenvalue weighted by Crippen LogP contribution is 2.36. The molecule has 2 fully saturated rings. The lowest BCUT2D eigenvalue weighted by Gasteiger charge is -2.15. The molecule has 2 heterocycles. The fourth-order valence-corrected chi connectivity index (χ4v) is 1.84. The Labute approximate surface area is 68.9 Å². The van der Waals surface area contributed by atoms with Crippen molar-refractivity contribution in [3.8, 4) is 0 Å². The Balaban J connectivity index is 2.18. The molecule has 0 aromatic carbocycles. The highest BCUT2D eigenvalue weighted by molar-refractivity contribution is 5.86. The van der Waals surface area contributed by atoms with Crippen LogP contribution in [-0.4, -0.2) is 23.9 Å². The highest BCUT2D eigenvalue weighted by atomic mass is 19.3. The van der Waals surface area contributed by atoms with Crippen molar-refractivity contribution in [2.45, 2.75) is 43.8 Å². The molecule has 2 bridgehead atoms. The average molecular weight is 176 g/mol. The van der Waals surface area contributed by atoms with Gasteiger partial charge in [0, 0.05) is 12.8 Å². The molecule has 0 aromatic rings. The Hall–Kier alpha value is -0.510. The summed E-state index contributed by atoms with van der Waals surface area (Å²) in [5, 5.41) is 0. The first-order chi connectivity index (χ1) is 5.58. The van der Waals surface area contributed by atoms with Crippen molar-refractivity contribution < 1.29 is 18.3 Å². The Kier molecular flexibility index (Phi) is 1.68. The summed E-state index contributed by atoms with van der Waals surface area (Å²) in [4.78, 5) is 10.9. The van der Waals surface area contributed by atoms with Gasteiger partial charge in [0.25, 0.3) is 0 Å². The van der Waals surface area contributed by atoms with Crippen LogP contribution >= 0.6 is 0 Å². The van der Waals surface area contributed by atoms with Crippen LogP contribution in [0.25, 0.3) is 0 Å². The van der Waals surface area contributed by atoms with E-state index in [-0.39, 0.29) is 12.5 Å². The van der Waals surface area contributed by atoms with Gasteiger partial charge in [0.15, 0.2) is 0 Å². The number of hydrogen-bond donors (Lipinski definition) is 0. The molecule has 0 aromatic heterocycles. The molecule has 0 amide bonds. The second-order valence-electron chi connectivity index (χ2n) is 3.49. The summed E-state index contributed by atoms with van der Waals surface area (Å²) in [6.45, 7) is 0. The topological polar surface area (TPSA) is 26.3 Å². The fraction of sp³-hybridized carbons (Fsp3) is 0.875. The highest BCUT2D eigenvalue weighted by Gasteiger charge is 2.47. The van der Waals surface area contributed by atoms with Gasteiger partial charge in [-0.3, -0.25) is 4.79 Å². The van der Waals surface area contributed by atoms with Gasteiger partial charge >= 0.3 is 5.92 Å². The molecular weight excluding hydrogens is 166 g/mol. The van der Waals surface area contributed by atoms with Crippen molar-refractivity contribution in [1.29, 1.82) is 0 Å². The third-order valence-corrected chi connectivity index (χ3v) is 2.50. The van der Waals surface area contributed by atoms with Gasteiger partial charge in [-0.1, -0.05) is 0 Å². The summed E-state index contributed by atoms with van der Waals surface area (Å²) < 4.78 is 31.0.